The van der Waals surface area contributed by atoms with Gasteiger partial charge in [-0.1, -0.05) is 12.8 Å². The maximum atomic E-state index is 13.1. The zero-order valence-corrected chi connectivity index (χ0v) is 19.0. The Hall–Kier alpha value is -2.83. The van der Waals surface area contributed by atoms with Crippen molar-refractivity contribution in [3.8, 4) is 11.4 Å². The number of nitro groups is 1. The van der Waals surface area contributed by atoms with Gasteiger partial charge in [0, 0.05) is 44.2 Å². The van der Waals surface area contributed by atoms with Gasteiger partial charge in [0.05, 0.1) is 14.7 Å². The molecule has 0 saturated carbocycles. The molecule has 3 aromatic rings. The highest BCUT2D eigenvalue weighted by molar-refractivity contribution is 7.99. The van der Waals surface area contributed by atoms with E-state index in [0.29, 0.717) is 29.0 Å². The topological polar surface area (TPSA) is 124 Å². The summed E-state index contributed by atoms with van der Waals surface area (Å²) in [5, 5.41) is 20.5. The van der Waals surface area contributed by atoms with E-state index < -0.39 is 14.9 Å². The minimum Gasteiger partial charge on any atom is -0.305 e. The molecule has 0 N–H and O–H groups in total. The van der Waals surface area contributed by atoms with Crippen LogP contribution in [-0.4, -0.2) is 50.5 Å². The minimum absolute atomic E-state index is 0.0640. The third-order valence-electron chi connectivity index (χ3n) is 5.30. The molecule has 1 saturated heterocycles. The van der Waals surface area contributed by atoms with E-state index in [0.717, 1.165) is 49.1 Å². The molecule has 2 aromatic heterocycles. The lowest BCUT2D eigenvalue weighted by Gasteiger charge is -2.20. The van der Waals surface area contributed by atoms with Gasteiger partial charge in [0.15, 0.2) is 11.0 Å². The van der Waals surface area contributed by atoms with Gasteiger partial charge in [0.1, 0.15) is 0 Å². The molecule has 0 amide bonds. The van der Waals surface area contributed by atoms with Crippen molar-refractivity contribution in [2.24, 2.45) is 7.05 Å². The fourth-order valence-corrected chi connectivity index (χ4v) is 5.99. The molecule has 12 heteroatoms. The molecule has 0 unspecified atom stereocenters. The summed E-state index contributed by atoms with van der Waals surface area (Å²) in [5.41, 5.74) is 0.537. The Bertz CT molecular complexity index is 1220. The summed E-state index contributed by atoms with van der Waals surface area (Å²) in [7, 11) is -2.02. The summed E-state index contributed by atoms with van der Waals surface area (Å²) >= 11 is 1.07. The van der Waals surface area contributed by atoms with Crippen molar-refractivity contribution in [3.05, 3.63) is 52.8 Å². The second kappa shape index (κ2) is 9.35. The smallest absolute Gasteiger partial charge is 0.284 e. The number of aromatic nitrogens is 4. The maximum Gasteiger partial charge on any atom is 0.284 e. The molecule has 0 bridgehead atoms. The van der Waals surface area contributed by atoms with Gasteiger partial charge in [-0.05, 0) is 48.9 Å². The molecule has 1 aromatic carbocycles. The molecule has 3 heterocycles. The van der Waals surface area contributed by atoms with Crippen LogP contribution in [0.15, 0.2) is 57.7 Å². The van der Waals surface area contributed by atoms with Crippen LogP contribution < -0.4 is 0 Å². The average molecular weight is 475 g/mol. The normalized spacial score (nSPS) is 15.4. The summed E-state index contributed by atoms with van der Waals surface area (Å²) in [6.45, 7) is 0.868. The van der Waals surface area contributed by atoms with Gasteiger partial charge in [0.2, 0.25) is 10.0 Å². The Balaban J connectivity index is 1.65. The largest absolute Gasteiger partial charge is 0.305 e. The summed E-state index contributed by atoms with van der Waals surface area (Å²) in [5.74, 6) is 0.595. The highest BCUT2D eigenvalue weighted by Crippen LogP contribution is 2.37. The Kier molecular flexibility index (Phi) is 6.53. The van der Waals surface area contributed by atoms with E-state index in [4.69, 9.17) is 0 Å². The predicted octanol–water partition coefficient (Wildman–Crippen LogP) is 3.50. The third-order valence-corrected chi connectivity index (χ3v) is 8.30. The second-order valence-corrected chi connectivity index (χ2v) is 10.4. The standard InChI is InChI=1S/C20H22N6O4S2/c1-24-19(15-8-10-21-11-9-15)22-23-20(24)31-18-7-6-16(14-17(18)26(27)28)32(29,30)25-12-4-2-3-5-13-25/h6-11,14H,2-5,12-13H2,1H3. The quantitative estimate of drug-likeness (QED) is 0.393. The van der Waals surface area contributed by atoms with Gasteiger partial charge in [-0.25, -0.2) is 8.42 Å². The van der Waals surface area contributed by atoms with Crippen LogP contribution in [-0.2, 0) is 17.1 Å². The first-order valence-electron chi connectivity index (χ1n) is 10.1. The first-order chi connectivity index (χ1) is 15.4. The van der Waals surface area contributed by atoms with E-state index in [2.05, 4.69) is 15.2 Å². The molecular weight excluding hydrogens is 452 g/mol. The maximum absolute atomic E-state index is 13.1. The molecule has 32 heavy (non-hydrogen) atoms. The number of benzene rings is 1. The minimum atomic E-state index is -3.79. The van der Waals surface area contributed by atoms with Crippen LogP contribution in [0.3, 0.4) is 0 Å². The van der Waals surface area contributed by atoms with Gasteiger partial charge in [-0.15, -0.1) is 10.2 Å². The van der Waals surface area contributed by atoms with Crippen molar-refractivity contribution in [1.82, 2.24) is 24.1 Å². The first kappa shape index (κ1) is 22.4. The summed E-state index contributed by atoms with van der Waals surface area (Å²) in [4.78, 5) is 15.4. The van der Waals surface area contributed by atoms with Crippen molar-refractivity contribution in [2.45, 2.75) is 40.6 Å². The Labute approximate surface area is 189 Å². The lowest BCUT2D eigenvalue weighted by molar-refractivity contribution is -0.388. The fraction of sp³-hybridized carbons (Fsp3) is 0.350. The van der Waals surface area contributed by atoms with E-state index in [-0.39, 0.29) is 10.6 Å². The molecule has 10 nitrogen and oxygen atoms in total. The van der Waals surface area contributed by atoms with E-state index in [1.165, 1.54) is 16.4 Å². The monoisotopic (exact) mass is 474 g/mol. The Morgan fingerprint density at radius 3 is 2.38 bits per heavy atom. The number of nitro benzene ring substituents is 1. The molecule has 168 valence electrons. The summed E-state index contributed by atoms with van der Waals surface area (Å²) in [6, 6.07) is 7.62. The van der Waals surface area contributed by atoms with Crippen LogP contribution in [0.2, 0.25) is 0 Å². The van der Waals surface area contributed by atoms with Gasteiger partial charge in [-0.3, -0.25) is 15.1 Å². The molecule has 0 radical (unpaired) electrons. The van der Waals surface area contributed by atoms with Gasteiger partial charge >= 0.3 is 0 Å². The molecule has 0 atom stereocenters. The molecule has 1 aliphatic heterocycles. The SMILES string of the molecule is Cn1c(Sc2ccc(S(=O)(=O)N3CCCCCC3)cc2[N+](=O)[O-])nnc1-c1ccncc1. The van der Waals surface area contributed by atoms with Gasteiger partial charge in [0.25, 0.3) is 5.69 Å². The number of hydrogen-bond acceptors (Lipinski definition) is 8. The number of nitrogens with zero attached hydrogens (tertiary/aromatic N) is 6. The molecule has 4 rings (SSSR count). The average Bonchev–Trinajstić information content (AvgIpc) is 2.98. The Morgan fingerprint density at radius 1 is 1.03 bits per heavy atom. The van der Waals surface area contributed by atoms with Crippen LogP contribution in [0, 0.1) is 10.1 Å². The number of sulfonamides is 1. The van der Waals surface area contributed by atoms with Crippen molar-refractivity contribution in [3.63, 3.8) is 0 Å². The van der Waals surface area contributed by atoms with Crippen LogP contribution >= 0.6 is 11.8 Å². The van der Waals surface area contributed by atoms with E-state index in [1.54, 1.807) is 36.1 Å². The van der Waals surface area contributed by atoms with E-state index >= 15 is 0 Å². The lowest BCUT2D eigenvalue weighted by atomic mass is 10.2. The zero-order chi connectivity index (χ0) is 22.7. The predicted molar refractivity (Wildman–Crippen MR) is 119 cm³/mol. The fourth-order valence-electron chi connectivity index (χ4n) is 3.57. The van der Waals surface area contributed by atoms with Crippen LogP contribution in [0.4, 0.5) is 5.69 Å². The zero-order valence-electron chi connectivity index (χ0n) is 17.4. The Morgan fingerprint density at radius 2 is 1.72 bits per heavy atom. The van der Waals surface area contributed by atoms with Gasteiger partial charge in [-0.2, -0.15) is 4.31 Å². The van der Waals surface area contributed by atoms with Crippen molar-refractivity contribution in [1.29, 1.82) is 0 Å². The van der Waals surface area contributed by atoms with Gasteiger partial charge < -0.3 is 4.57 Å². The van der Waals surface area contributed by atoms with Crippen molar-refractivity contribution < 1.29 is 13.3 Å². The second-order valence-electron chi connectivity index (χ2n) is 7.41. The lowest BCUT2D eigenvalue weighted by Crippen LogP contribution is -2.31. The summed E-state index contributed by atoms with van der Waals surface area (Å²) in [6.07, 6.45) is 6.85. The number of hydrogen-bond donors (Lipinski definition) is 0. The molecular formula is C20H22N6O4S2. The van der Waals surface area contributed by atoms with Crippen LogP contribution in [0.1, 0.15) is 25.7 Å². The first-order valence-corrected chi connectivity index (χ1v) is 12.4. The van der Waals surface area contributed by atoms with Crippen molar-refractivity contribution in [2.75, 3.05) is 13.1 Å². The molecule has 0 aliphatic carbocycles. The number of pyridine rings is 1. The van der Waals surface area contributed by atoms with Crippen molar-refractivity contribution >= 4 is 27.5 Å². The molecule has 1 fully saturated rings. The number of rotatable bonds is 6. The van der Waals surface area contributed by atoms with E-state index in [1.807, 2.05) is 0 Å². The third kappa shape index (κ3) is 4.52. The molecule has 0 spiro atoms. The summed E-state index contributed by atoms with van der Waals surface area (Å²) < 4.78 is 29.3. The van der Waals surface area contributed by atoms with E-state index in [9.17, 15) is 18.5 Å². The van der Waals surface area contributed by atoms with Crippen LogP contribution in [0.5, 0.6) is 0 Å². The van der Waals surface area contributed by atoms with Crippen LogP contribution in [0.25, 0.3) is 11.4 Å². The molecule has 1 aliphatic rings. The highest BCUT2D eigenvalue weighted by Gasteiger charge is 2.28. The highest BCUT2D eigenvalue weighted by atomic mass is 32.2.